The van der Waals surface area contributed by atoms with E-state index >= 15 is 0 Å². The molecular weight excluding hydrogens is 619 g/mol. The molecule has 0 atom stereocenters. The quantitative estimate of drug-likeness (QED) is 0.194. The molecule has 2 N–H and O–H groups in total. The molecule has 0 fully saturated rings. The van der Waals surface area contributed by atoms with Crippen molar-refractivity contribution >= 4 is 54.9 Å². The van der Waals surface area contributed by atoms with Crippen LogP contribution in [-0.2, 0) is 16.4 Å². The summed E-state index contributed by atoms with van der Waals surface area (Å²) in [7, 11) is -2.16. The van der Waals surface area contributed by atoms with Gasteiger partial charge in [-0.05, 0) is 65.0 Å². The average Bonchev–Trinajstić information content (AvgIpc) is 3.78. The molecule has 5 heterocycles. The van der Waals surface area contributed by atoms with Crippen molar-refractivity contribution in [3.63, 3.8) is 0 Å². The first-order valence-electron chi connectivity index (χ1n) is 14.4. The van der Waals surface area contributed by atoms with Crippen LogP contribution in [-0.4, -0.2) is 52.8 Å². The fourth-order valence-corrected chi connectivity index (χ4v) is 7.78. The summed E-state index contributed by atoms with van der Waals surface area (Å²) in [5.74, 6) is -0.177. The predicted molar refractivity (Wildman–Crippen MR) is 180 cm³/mol. The van der Waals surface area contributed by atoms with Gasteiger partial charge in [-0.25, -0.2) is 13.4 Å². The van der Waals surface area contributed by atoms with E-state index in [1.165, 1.54) is 15.6 Å². The molecule has 0 spiro atoms. The highest BCUT2D eigenvalue weighted by Crippen LogP contribution is 2.41. The summed E-state index contributed by atoms with van der Waals surface area (Å²) in [6.07, 6.45) is 10.8. The summed E-state index contributed by atoms with van der Waals surface area (Å²) in [6, 6.07) is 20.2. The Morgan fingerprint density at radius 2 is 1.74 bits per heavy atom. The minimum absolute atomic E-state index is 0.177. The number of amides is 1. The normalized spacial score (nSPS) is 11.6. The lowest BCUT2D eigenvalue weighted by Gasteiger charge is -2.18. The Morgan fingerprint density at radius 3 is 2.48 bits per heavy atom. The molecule has 1 amide bonds. The van der Waals surface area contributed by atoms with E-state index in [1.807, 2.05) is 42.6 Å². The van der Waals surface area contributed by atoms with Gasteiger partial charge in [0.1, 0.15) is 9.86 Å². The SMILES string of the molecule is CN(c1ccc2[nH]c3ncc(-c4ccc(C(=O)NCCc5cnccn5)cc4)c(-c4ccncc4)c3c2c1)S(=O)(=O)c1cccs1. The lowest BCUT2D eigenvalue weighted by Crippen LogP contribution is -2.25. The Bertz CT molecular complexity index is 2270. The highest BCUT2D eigenvalue weighted by molar-refractivity contribution is 7.94. The molecule has 0 aliphatic carbocycles. The Morgan fingerprint density at radius 1 is 0.913 bits per heavy atom. The second-order valence-electron chi connectivity index (χ2n) is 10.5. The van der Waals surface area contributed by atoms with Gasteiger partial charge < -0.3 is 10.3 Å². The number of thiophene rings is 1. The standard InChI is InChI=1S/C34H27N7O3S2/c1-41(46(43,44)30-3-2-18-45-30)26-8-9-29-27(19-26)32-31(23-10-13-35-14-11-23)28(21-39-33(32)40-29)22-4-6-24(7-5-22)34(42)38-15-12-25-20-36-16-17-37-25/h2-11,13-14,16-21H,12,15H2,1H3,(H,38,42)(H,39,40). The van der Waals surface area contributed by atoms with Crippen LogP contribution in [0.2, 0.25) is 0 Å². The number of nitrogens with zero attached hydrogens (tertiary/aromatic N) is 5. The first-order chi connectivity index (χ1) is 22.4. The summed E-state index contributed by atoms with van der Waals surface area (Å²) in [6.45, 7) is 0.443. The third-order valence-electron chi connectivity index (χ3n) is 7.79. The zero-order valence-corrected chi connectivity index (χ0v) is 26.2. The molecule has 5 aromatic heterocycles. The summed E-state index contributed by atoms with van der Waals surface area (Å²) >= 11 is 1.18. The number of nitrogens with one attached hydrogen (secondary N) is 2. The molecule has 228 valence electrons. The van der Waals surface area contributed by atoms with E-state index < -0.39 is 10.0 Å². The van der Waals surface area contributed by atoms with Crippen LogP contribution in [0.4, 0.5) is 5.69 Å². The van der Waals surface area contributed by atoms with Crippen LogP contribution in [0.3, 0.4) is 0 Å². The fourth-order valence-electron chi connectivity index (χ4n) is 5.43. The van der Waals surface area contributed by atoms with Gasteiger partial charge in [-0.15, -0.1) is 11.3 Å². The second kappa shape index (κ2) is 12.1. The molecule has 7 rings (SSSR count). The summed E-state index contributed by atoms with van der Waals surface area (Å²) in [4.78, 5) is 33.6. The van der Waals surface area contributed by atoms with E-state index in [9.17, 15) is 13.2 Å². The van der Waals surface area contributed by atoms with Gasteiger partial charge in [-0.3, -0.25) is 24.1 Å². The van der Waals surface area contributed by atoms with Crippen LogP contribution in [0, 0.1) is 0 Å². The number of anilines is 1. The van der Waals surface area contributed by atoms with Crippen LogP contribution in [0.1, 0.15) is 16.1 Å². The minimum atomic E-state index is -3.72. The highest BCUT2D eigenvalue weighted by Gasteiger charge is 2.24. The van der Waals surface area contributed by atoms with E-state index in [-0.39, 0.29) is 10.1 Å². The maximum Gasteiger partial charge on any atom is 0.273 e. The molecule has 7 aromatic rings. The molecular formula is C34H27N7O3S2. The van der Waals surface area contributed by atoms with Crippen molar-refractivity contribution in [3.8, 4) is 22.3 Å². The van der Waals surface area contributed by atoms with Crippen LogP contribution >= 0.6 is 11.3 Å². The summed E-state index contributed by atoms with van der Waals surface area (Å²) < 4.78 is 28.2. The van der Waals surface area contributed by atoms with Gasteiger partial charge in [0.05, 0.1) is 11.4 Å². The molecule has 0 saturated heterocycles. The summed E-state index contributed by atoms with van der Waals surface area (Å²) in [5, 5.41) is 6.38. The average molecular weight is 646 g/mol. The Kier molecular flexibility index (Phi) is 7.73. The molecule has 0 saturated carbocycles. The zero-order valence-electron chi connectivity index (χ0n) is 24.6. The van der Waals surface area contributed by atoms with Crippen molar-refractivity contribution in [2.75, 3.05) is 17.9 Å². The number of rotatable bonds is 9. The molecule has 46 heavy (non-hydrogen) atoms. The van der Waals surface area contributed by atoms with E-state index in [1.54, 1.807) is 73.7 Å². The largest absolute Gasteiger partial charge is 0.352 e. The monoisotopic (exact) mass is 645 g/mol. The third-order valence-corrected chi connectivity index (χ3v) is 10.9. The number of fused-ring (bicyclic) bond motifs is 3. The maximum atomic E-state index is 13.3. The third kappa shape index (κ3) is 5.48. The highest BCUT2D eigenvalue weighted by atomic mass is 32.2. The Labute approximate surface area is 268 Å². The van der Waals surface area contributed by atoms with Gasteiger partial charge in [0.15, 0.2) is 0 Å². The van der Waals surface area contributed by atoms with Crippen LogP contribution in [0.25, 0.3) is 44.2 Å². The van der Waals surface area contributed by atoms with Crippen LogP contribution in [0.5, 0.6) is 0 Å². The van der Waals surface area contributed by atoms with Crippen molar-refractivity contribution in [2.45, 2.75) is 10.6 Å². The number of aromatic nitrogens is 5. The number of aromatic amines is 1. The Hall–Kier alpha value is -5.46. The van der Waals surface area contributed by atoms with Gasteiger partial charge in [0.2, 0.25) is 0 Å². The maximum absolute atomic E-state index is 13.3. The van der Waals surface area contributed by atoms with Gasteiger partial charge in [-0.2, -0.15) is 0 Å². The summed E-state index contributed by atoms with van der Waals surface area (Å²) in [5.41, 5.74) is 6.95. The number of carbonyl (C=O) groups excluding carboxylic acids is 1. The number of sulfonamides is 1. The molecule has 10 nitrogen and oxygen atoms in total. The number of benzene rings is 2. The first kappa shape index (κ1) is 29.3. The lowest BCUT2D eigenvalue weighted by atomic mass is 9.93. The number of hydrogen-bond donors (Lipinski definition) is 2. The van der Waals surface area contributed by atoms with Gasteiger partial charge in [-0.1, -0.05) is 18.2 Å². The lowest BCUT2D eigenvalue weighted by molar-refractivity contribution is 0.0954. The molecule has 0 aliphatic rings. The number of H-pyrrole nitrogens is 1. The van der Waals surface area contributed by atoms with E-state index in [0.717, 1.165) is 44.2 Å². The first-order valence-corrected chi connectivity index (χ1v) is 16.7. The molecule has 0 unspecified atom stereocenters. The predicted octanol–water partition coefficient (Wildman–Crippen LogP) is 6.09. The molecule has 0 aliphatic heterocycles. The topological polar surface area (TPSA) is 134 Å². The van der Waals surface area contributed by atoms with Gasteiger partial charge in [0.25, 0.3) is 15.9 Å². The van der Waals surface area contributed by atoms with Gasteiger partial charge in [0, 0.05) is 90.2 Å². The fraction of sp³-hybridized carbons (Fsp3) is 0.0882. The smallest absolute Gasteiger partial charge is 0.273 e. The van der Waals surface area contributed by atoms with E-state index in [4.69, 9.17) is 4.98 Å². The van der Waals surface area contributed by atoms with Crippen LogP contribution in [0.15, 0.2) is 114 Å². The van der Waals surface area contributed by atoms with Gasteiger partial charge >= 0.3 is 0 Å². The zero-order chi connectivity index (χ0) is 31.7. The Balaban J connectivity index is 1.27. The number of carbonyl (C=O) groups is 1. The molecule has 12 heteroatoms. The molecule has 0 bridgehead atoms. The number of hydrogen-bond acceptors (Lipinski definition) is 8. The van der Waals surface area contributed by atoms with Crippen molar-refractivity contribution in [2.24, 2.45) is 0 Å². The second-order valence-corrected chi connectivity index (χ2v) is 13.7. The van der Waals surface area contributed by atoms with Crippen molar-refractivity contribution in [1.82, 2.24) is 30.2 Å². The van der Waals surface area contributed by atoms with Crippen LogP contribution < -0.4 is 9.62 Å². The van der Waals surface area contributed by atoms with Crippen molar-refractivity contribution in [3.05, 3.63) is 121 Å². The van der Waals surface area contributed by atoms with E-state index in [0.29, 0.717) is 29.9 Å². The van der Waals surface area contributed by atoms with Crippen molar-refractivity contribution in [1.29, 1.82) is 0 Å². The molecule has 2 aromatic carbocycles. The number of pyridine rings is 2. The molecule has 0 radical (unpaired) electrons. The minimum Gasteiger partial charge on any atom is -0.352 e. The van der Waals surface area contributed by atoms with Crippen molar-refractivity contribution < 1.29 is 13.2 Å². The van der Waals surface area contributed by atoms with E-state index in [2.05, 4.69) is 25.3 Å².